The summed E-state index contributed by atoms with van der Waals surface area (Å²) in [6, 6.07) is 0. The smallest absolute Gasteiger partial charge is 0.292 e. The predicted octanol–water partition coefficient (Wildman–Crippen LogP) is -0.224. The quantitative estimate of drug-likeness (QED) is 0.390. The molecule has 0 aromatic rings. The van der Waals surface area contributed by atoms with Gasteiger partial charge in [0, 0.05) is 6.42 Å². The van der Waals surface area contributed by atoms with Crippen LogP contribution in [0.5, 0.6) is 0 Å². The molecule has 0 spiro atoms. The zero-order valence-electron chi connectivity index (χ0n) is 5.02. The van der Waals surface area contributed by atoms with Gasteiger partial charge in [-0.1, -0.05) is 6.08 Å². The van der Waals surface area contributed by atoms with Gasteiger partial charge in [0.25, 0.3) is 5.97 Å². The summed E-state index contributed by atoms with van der Waals surface area (Å²) in [7, 11) is 0.506. The number of carbonyl (C=O) groups excluding carboxylic acids is 1. The first-order valence-corrected chi connectivity index (χ1v) is 3.30. The third kappa shape index (κ3) is 3.61. The Morgan fingerprint density at radius 3 is 2.88 bits per heavy atom. The average molecular weight is 130 g/mol. The van der Waals surface area contributed by atoms with Gasteiger partial charge in [-0.05, 0) is 6.42 Å². The van der Waals surface area contributed by atoms with Crippen molar-refractivity contribution in [2.24, 2.45) is 0 Å². The van der Waals surface area contributed by atoms with E-state index in [4.69, 9.17) is 0 Å². The van der Waals surface area contributed by atoms with Crippen molar-refractivity contribution >= 4 is 16.5 Å². The number of allylic oxidation sites excluding steroid dienone is 1. The van der Waals surface area contributed by atoms with Crippen LogP contribution in [0.15, 0.2) is 12.7 Å². The van der Waals surface area contributed by atoms with Crippen molar-refractivity contribution in [2.75, 3.05) is 0 Å². The summed E-state index contributed by atoms with van der Waals surface area (Å²) in [6.07, 6.45) is 2.91. The van der Waals surface area contributed by atoms with Crippen molar-refractivity contribution < 1.29 is 9.22 Å². The van der Waals surface area contributed by atoms with E-state index in [1.165, 1.54) is 0 Å². The minimum absolute atomic E-state index is 0.114. The normalized spacial score (nSPS) is 8.50. The zero-order valence-corrected chi connectivity index (χ0v) is 7.02. The van der Waals surface area contributed by atoms with Crippen LogP contribution >= 0.6 is 0 Å². The van der Waals surface area contributed by atoms with Gasteiger partial charge in [-0.2, -0.15) is 0 Å². The summed E-state index contributed by atoms with van der Waals surface area (Å²) in [5, 5.41) is 0. The first-order valence-electron chi connectivity index (χ1n) is 2.49. The lowest BCUT2D eigenvalue weighted by molar-refractivity contribution is -0.133. The van der Waals surface area contributed by atoms with E-state index in [1.807, 2.05) is 0 Å². The highest BCUT2D eigenvalue weighted by Gasteiger charge is 1.93. The molecular formula is C5H10O2Si. The Labute approximate surface area is 52.1 Å². The fraction of sp³-hybridized carbons (Fsp3) is 0.400. The standard InChI is InChI=1S/C5H10O2Si/c1-2-3-4-5(6)7-8/h2H,1,3-4H2,8H3. The minimum Gasteiger partial charge on any atom is -0.529 e. The van der Waals surface area contributed by atoms with Crippen LogP contribution < -0.4 is 0 Å². The van der Waals surface area contributed by atoms with Gasteiger partial charge in [0.05, 0.1) is 0 Å². The Hall–Kier alpha value is -0.573. The molecule has 0 heterocycles. The van der Waals surface area contributed by atoms with Gasteiger partial charge in [0.2, 0.25) is 10.5 Å². The van der Waals surface area contributed by atoms with Crippen LogP contribution in [0.4, 0.5) is 0 Å². The first kappa shape index (κ1) is 7.43. The maximum Gasteiger partial charge on any atom is 0.292 e. The first-order chi connectivity index (χ1) is 3.81. The second-order valence-electron chi connectivity index (χ2n) is 1.40. The lowest BCUT2D eigenvalue weighted by Gasteiger charge is -1.93. The maximum absolute atomic E-state index is 10.3. The maximum atomic E-state index is 10.3. The fourth-order valence-electron chi connectivity index (χ4n) is 0.322. The molecule has 0 aliphatic carbocycles. The summed E-state index contributed by atoms with van der Waals surface area (Å²) in [5.74, 6) is -0.114. The van der Waals surface area contributed by atoms with Crippen LogP contribution in [0.3, 0.4) is 0 Å². The van der Waals surface area contributed by atoms with E-state index >= 15 is 0 Å². The number of carbonyl (C=O) groups is 1. The largest absolute Gasteiger partial charge is 0.529 e. The minimum atomic E-state index is -0.114. The monoisotopic (exact) mass is 130 g/mol. The average Bonchev–Trinajstić information content (AvgIpc) is 1.83. The molecule has 0 saturated carbocycles. The highest BCUT2D eigenvalue weighted by Crippen LogP contribution is 1.89. The van der Waals surface area contributed by atoms with Crippen LogP contribution in [0.2, 0.25) is 0 Å². The summed E-state index contributed by atoms with van der Waals surface area (Å²) in [4.78, 5) is 10.3. The Morgan fingerprint density at radius 2 is 2.50 bits per heavy atom. The number of rotatable bonds is 3. The molecule has 0 amide bonds. The van der Waals surface area contributed by atoms with Gasteiger partial charge in [0.1, 0.15) is 0 Å². The number of hydrogen-bond acceptors (Lipinski definition) is 2. The predicted molar refractivity (Wildman–Crippen MR) is 35.5 cm³/mol. The molecule has 0 aromatic heterocycles. The molecule has 0 atom stereocenters. The van der Waals surface area contributed by atoms with E-state index in [0.29, 0.717) is 16.9 Å². The van der Waals surface area contributed by atoms with Crippen molar-refractivity contribution in [3.8, 4) is 0 Å². The van der Waals surface area contributed by atoms with E-state index in [1.54, 1.807) is 6.08 Å². The van der Waals surface area contributed by atoms with Crippen LogP contribution in [0.25, 0.3) is 0 Å². The van der Waals surface area contributed by atoms with Gasteiger partial charge in [0.15, 0.2) is 0 Å². The van der Waals surface area contributed by atoms with Crippen molar-refractivity contribution in [2.45, 2.75) is 12.8 Å². The second kappa shape index (κ2) is 4.58. The van der Waals surface area contributed by atoms with Gasteiger partial charge in [-0.25, -0.2) is 0 Å². The molecule has 0 fully saturated rings. The molecule has 46 valence electrons. The molecule has 0 unspecified atom stereocenters. The zero-order chi connectivity index (χ0) is 6.41. The van der Waals surface area contributed by atoms with E-state index in [9.17, 15) is 4.79 Å². The Morgan fingerprint density at radius 1 is 1.88 bits per heavy atom. The topological polar surface area (TPSA) is 26.3 Å². The van der Waals surface area contributed by atoms with Crippen molar-refractivity contribution in [3.63, 3.8) is 0 Å². The van der Waals surface area contributed by atoms with E-state index in [2.05, 4.69) is 11.0 Å². The Balaban J connectivity index is 3.11. The summed E-state index contributed by atoms with van der Waals surface area (Å²) < 4.78 is 4.50. The summed E-state index contributed by atoms with van der Waals surface area (Å²) >= 11 is 0. The van der Waals surface area contributed by atoms with Gasteiger partial charge >= 0.3 is 0 Å². The van der Waals surface area contributed by atoms with Gasteiger partial charge < -0.3 is 4.43 Å². The molecule has 0 saturated heterocycles. The van der Waals surface area contributed by atoms with Gasteiger partial charge in [-0.15, -0.1) is 6.58 Å². The molecule has 8 heavy (non-hydrogen) atoms. The lowest BCUT2D eigenvalue weighted by atomic mass is 10.3. The Kier molecular flexibility index (Phi) is 4.25. The van der Waals surface area contributed by atoms with Crippen LogP contribution in [0.1, 0.15) is 12.8 Å². The van der Waals surface area contributed by atoms with E-state index in [0.717, 1.165) is 6.42 Å². The molecule has 0 aliphatic rings. The molecule has 0 bridgehead atoms. The van der Waals surface area contributed by atoms with Crippen molar-refractivity contribution in [3.05, 3.63) is 12.7 Å². The van der Waals surface area contributed by atoms with Crippen LogP contribution in [-0.4, -0.2) is 16.5 Å². The Bertz CT molecular complexity index is 90.4. The molecule has 3 heteroatoms. The van der Waals surface area contributed by atoms with E-state index < -0.39 is 0 Å². The van der Waals surface area contributed by atoms with Gasteiger partial charge in [-0.3, -0.25) is 4.79 Å². The lowest BCUT2D eigenvalue weighted by Crippen LogP contribution is -1.99. The van der Waals surface area contributed by atoms with Crippen LogP contribution in [-0.2, 0) is 9.22 Å². The highest BCUT2D eigenvalue weighted by molar-refractivity contribution is 6.05. The SMILES string of the molecule is C=CCCC(=O)O[SiH3]. The molecule has 0 aromatic carbocycles. The molecular weight excluding hydrogens is 120 g/mol. The molecule has 0 aliphatic heterocycles. The molecule has 2 nitrogen and oxygen atoms in total. The fourth-order valence-corrected chi connectivity index (χ4v) is 0.526. The molecule has 0 radical (unpaired) electrons. The van der Waals surface area contributed by atoms with Crippen molar-refractivity contribution in [1.29, 1.82) is 0 Å². The van der Waals surface area contributed by atoms with E-state index in [-0.39, 0.29) is 5.97 Å². The number of hydrogen-bond donors (Lipinski definition) is 0. The molecule has 0 N–H and O–H groups in total. The third-order valence-electron chi connectivity index (χ3n) is 0.780. The third-order valence-corrected chi connectivity index (χ3v) is 1.24. The summed E-state index contributed by atoms with van der Waals surface area (Å²) in [5.41, 5.74) is 0. The van der Waals surface area contributed by atoms with Crippen molar-refractivity contribution in [1.82, 2.24) is 0 Å². The second-order valence-corrected chi connectivity index (χ2v) is 1.81. The highest BCUT2D eigenvalue weighted by atomic mass is 28.2. The van der Waals surface area contributed by atoms with Crippen LogP contribution in [0, 0.1) is 0 Å². The summed E-state index contributed by atoms with van der Waals surface area (Å²) in [6.45, 7) is 3.47. The molecule has 0 rings (SSSR count).